The first kappa shape index (κ1) is 22.9. The number of carbonyl (C=O) groups is 1. The number of fused-ring (bicyclic) bond motifs is 2. The molecule has 0 spiro atoms. The number of nitrogens with zero attached hydrogens (tertiary/aromatic N) is 1. The number of benzene rings is 4. The van der Waals surface area contributed by atoms with E-state index in [1.165, 1.54) is 0 Å². The van der Waals surface area contributed by atoms with Crippen LogP contribution in [-0.2, 0) is 16.1 Å². The second kappa shape index (κ2) is 9.41. The Morgan fingerprint density at radius 2 is 1.57 bits per heavy atom. The number of anilines is 1. The van der Waals surface area contributed by atoms with Crippen molar-refractivity contribution in [3.8, 4) is 5.75 Å². The van der Waals surface area contributed by atoms with Gasteiger partial charge in [0.15, 0.2) is 12.5 Å². The number of hydrogen-bond donors (Lipinski definition) is 2. The average Bonchev–Trinajstić information content (AvgIpc) is 3.16. The summed E-state index contributed by atoms with van der Waals surface area (Å²) in [7, 11) is 1.64. The van der Waals surface area contributed by atoms with Crippen molar-refractivity contribution in [1.82, 2.24) is 0 Å². The summed E-state index contributed by atoms with van der Waals surface area (Å²) in [5.41, 5.74) is 3.65. The molecule has 3 unspecified atom stereocenters. The van der Waals surface area contributed by atoms with Gasteiger partial charge < -0.3 is 24.6 Å². The lowest BCUT2D eigenvalue weighted by atomic mass is 9.98. The summed E-state index contributed by atoms with van der Waals surface area (Å²) in [6, 6.07) is 26.3. The van der Waals surface area contributed by atoms with E-state index in [2.05, 4.69) is 0 Å². The molecule has 0 fully saturated rings. The Bertz CT molecular complexity index is 1360. The van der Waals surface area contributed by atoms with Gasteiger partial charge in [-0.25, -0.2) is 0 Å². The summed E-state index contributed by atoms with van der Waals surface area (Å²) in [6.07, 6.45) is -1.90. The molecule has 4 aromatic rings. The summed E-state index contributed by atoms with van der Waals surface area (Å²) in [5.74, 6) is 0.0381. The zero-order valence-electron chi connectivity index (χ0n) is 19.6. The van der Waals surface area contributed by atoms with Gasteiger partial charge in [0, 0.05) is 16.8 Å². The first-order chi connectivity index (χ1) is 17.0. The third-order valence-corrected chi connectivity index (χ3v) is 6.59. The molecule has 0 bridgehead atoms. The summed E-state index contributed by atoms with van der Waals surface area (Å²) >= 11 is 0. The number of carbonyl (C=O) groups excluding carboxylic acids is 1. The number of aliphatic hydroxyl groups is 2. The largest absolute Gasteiger partial charge is 0.497 e. The number of ether oxygens (including phenoxy) is 2. The van der Waals surface area contributed by atoms with E-state index in [9.17, 15) is 15.0 Å². The van der Waals surface area contributed by atoms with Crippen LogP contribution in [0.4, 0.5) is 5.69 Å². The van der Waals surface area contributed by atoms with Crippen LogP contribution in [0.25, 0.3) is 10.8 Å². The number of aliphatic hydroxyl groups excluding tert-OH is 2. The number of rotatable bonds is 6. The molecule has 0 aromatic heterocycles. The molecule has 6 heteroatoms. The maximum Gasteiger partial charge on any atom is 0.313 e. The minimum atomic E-state index is -0.952. The molecule has 0 amide bonds. The topological polar surface area (TPSA) is 79.2 Å². The highest BCUT2D eigenvalue weighted by molar-refractivity contribution is 5.86. The highest BCUT2D eigenvalue weighted by Crippen LogP contribution is 2.42. The highest BCUT2D eigenvalue weighted by Gasteiger charge is 2.36. The van der Waals surface area contributed by atoms with Crippen LogP contribution in [0.15, 0.2) is 84.9 Å². The maximum atomic E-state index is 12.8. The van der Waals surface area contributed by atoms with Crippen molar-refractivity contribution >= 4 is 22.4 Å². The Kier molecular flexibility index (Phi) is 6.16. The van der Waals surface area contributed by atoms with Gasteiger partial charge in [-0.3, -0.25) is 4.79 Å². The molecule has 5 rings (SSSR count). The van der Waals surface area contributed by atoms with Crippen LogP contribution in [0.2, 0.25) is 0 Å². The van der Waals surface area contributed by atoms with E-state index in [0.29, 0.717) is 16.8 Å². The monoisotopic (exact) mass is 469 g/mol. The molecular weight excluding hydrogens is 442 g/mol. The Hall–Kier alpha value is -3.87. The van der Waals surface area contributed by atoms with Gasteiger partial charge in [-0.2, -0.15) is 0 Å². The third-order valence-electron chi connectivity index (χ3n) is 6.59. The Morgan fingerprint density at radius 1 is 0.886 bits per heavy atom. The van der Waals surface area contributed by atoms with Crippen LogP contribution >= 0.6 is 0 Å². The van der Waals surface area contributed by atoms with Crippen molar-refractivity contribution in [2.24, 2.45) is 0 Å². The first-order valence-electron chi connectivity index (χ1n) is 11.5. The van der Waals surface area contributed by atoms with E-state index in [4.69, 9.17) is 9.47 Å². The number of esters is 1. The van der Waals surface area contributed by atoms with Gasteiger partial charge in [-0.05, 0) is 53.1 Å². The second-order valence-corrected chi connectivity index (χ2v) is 8.76. The van der Waals surface area contributed by atoms with Gasteiger partial charge >= 0.3 is 5.97 Å². The molecule has 4 aromatic carbocycles. The van der Waals surface area contributed by atoms with Crippen LogP contribution in [-0.4, -0.2) is 23.3 Å². The van der Waals surface area contributed by atoms with Gasteiger partial charge in [0.2, 0.25) is 0 Å². The van der Waals surface area contributed by atoms with E-state index in [-0.39, 0.29) is 12.6 Å². The summed E-state index contributed by atoms with van der Waals surface area (Å²) in [5, 5.41) is 23.6. The average molecular weight is 470 g/mol. The van der Waals surface area contributed by atoms with E-state index < -0.39 is 18.4 Å². The minimum absolute atomic E-state index is 0.0920. The molecule has 0 saturated carbocycles. The van der Waals surface area contributed by atoms with Crippen molar-refractivity contribution in [3.63, 3.8) is 0 Å². The zero-order valence-corrected chi connectivity index (χ0v) is 19.6. The molecule has 3 atom stereocenters. The quantitative estimate of drug-likeness (QED) is 0.378. The van der Waals surface area contributed by atoms with E-state index in [0.717, 1.165) is 27.6 Å². The van der Waals surface area contributed by atoms with Gasteiger partial charge in [0.25, 0.3) is 0 Å². The lowest BCUT2D eigenvalue weighted by molar-refractivity contribution is -0.146. The third kappa shape index (κ3) is 4.34. The molecule has 1 aliphatic heterocycles. The van der Waals surface area contributed by atoms with Crippen molar-refractivity contribution in [1.29, 1.82) is 0 Å². The Balaban J connectivity index is 1.27. The minimum Gasteiger partial charge on any atom is -0.497 e. The summed E-state index contributed by atoms with van der Waals surface area (Å²) < 4.78 is 10.9. The molecule has 1 aliphatic rings. The van der Waals surface area contributed by atoms with Crippen molar-refractivity contribution in [2.45, 2.75) is 31.9 Å². The van der Waals surface area contributed by atoms with E-state index >= 15 is 0 Å². The van der Waals surface area contributed by atoms with Crippen molar-refractivity contribution < 1.29 is 24.5 Å². The zero-order chi connectivity index (χ0) is 24.5. The molecule has 0 radical (unpaired) electrons. The molecule has 0 aliphatic carbocycles. The lowest BCUT2D eigenvalue weighted by Gasteiger charge is -2.27. The van der Waals surface area contributed by atoms with Crippen LogP contribution in [0.3, 0.4) is 0 Å². The van der Waals surface area contributed by atoms with Crippen LogP contribution in [0, 0.1) is 0 Å². The van der Waals surface area contributed by atoms with Crippen LogP contribution < -0.4 is 9.64 Å². The van der Waals surface area contributed by atoms with E-state index in [1.807, 2.05) is 79.7 Å². The summed E-state index contributed by atoms with van der Waals surface area (Å²) in [4.78, 5) is 14.4. The van der Waals surface area contributed by atoms with Crippen LogP contribution in [0.5, 0.6) is 5.75 Å². The fraction of sp³-hybridized carbons (Fsp3) is 0.207. The van der Waals surface area contributed by atoms with Gasteiger partial charge in [0.1, 0.15) is 12.4 Å². The van der Waals surface area contributed by atoms with Gasteiger partial charge in [-0.15, -0.1) is 0 Å². The fourth-order valence-electron chi connectivity index (χ4n) is 4.56. The van der Waals surface area contributed by atoms with E-state index in [1.54, 1.807) is 24.1 Å². The number of methoxy groups -OCH3 is 1. The molecule has 1 heterocycles. The smallest absolute Gasteiger partial charge is 0.313 e. The van der Waals surface area contributed by atoms with Gasteiger partial charge in [0.05, 0.1) is 13.0 Å². The Morgan fingerprint density at radius 3 is 2.29 bits per heavy atom. The predicted octanol–water partition coefficient (Wildman–Crippen LogP) is 5.20. The molecule has 6 nitrogen and oxygen atoms in total. The Labute approximate surface area is 204 Å². The van der Waals surface area contributed by atoms with Crippen LogP contribution in [0.1, 0.15) is 47.6 Å². The standard InChI is InChI=1S/C29H27NO5/c1-18(20-10-11-22-16-24(34-2)13-12-21(22)15-20)29(33)35-17-19-6-5-7-23(14-19)30-27(31)25-8-3-4-9-26(25)28(30)32/h3-16,18,27-28,31-32H,17H2,1-2H3. The molecular formula is C29H27NO5. The van der Waals surface area contributed by atoms with Crippen molar-refractivity contribution in [3.05, 3.63) is 107 Å². The summed E-state index contributed by atoms with van der Waals surface area (Å²) in [6.45, 7) is 1.92. The van der Waals surface area contributed by atoms with Gasteiger partial charge in [-0.1, -0.05) is 60.7 Å². The molecule has 35 heavy (non-hydrogen) atoms. The molecule has 0 saturated heterocycles. The first-order valence-corrected chi connectivity index (χ1v) is 11.5. The number of hydrogen-bond acceptors (Lipinski definition) is 6. The van der Waals surface area contributed by atoms with Crippen molar-refractivity contribution in [2.75, 3.05) is 12.0 Å². The maximum absolute atomic E-state index is 12.8. The SMILES string of the molecule is COc1ccc2cc(C(C)C(=O)OCc3cccc(N4C(O)c5ccccc5C4O)c3)ccc2c1. The normalized spacial score (nSPS) is 17.8. The molecule has 2 N–H and O–H groups in total. The fourth-order valence-corrected chi connectivity index (χ4v) is 4.56. The highest BCUT2D eigenvalue weighted by atomic mass is 16.5. The lowest BCUT2D eigenvalue weighted by Crippen LogP contribution is -2.25. The second-order valence-electron chi connectivity index (χ2n) is 8.76. The molecule has 178 valence electrons. The predicted molar refractivity (Wildman–Crippen MR) is 134 cm³/mol.